The van der Waals surface area contributed by atoms with Gasteiger partial charge in [-0.2, -0.15) is 4.98 Å². The minimum atomic E-state index is -0.915. The fourth-order valence-corrected chi connectivity index (χ4v) is 2.21. The van der Waals surface area contributed by atoms with Gasteiger partial charge in [-0.05, 0) is 38.1 Å². The van der Waals surface area contributed by atoms with Crippen LogP contribution in [-0.4, -0.2) is 15.0 Å². The first-order chi connectivity index (χ1) is 12.0. The van der Waals surface area contributed by atoms with Crippen molar-refractivity contribution in [2.24, 2.45) is 0 Å². The fraction of sp³-hybridized carbons (Fsp3) is 0.167. The van der Waals surface area contributed by atoms with Crippen LogP contribution in [0.1, 0.15) is 17.0 Å². The van der Waals surface area contributed by atoms with E-state index in [0.717, 1.165) is 29.1 Å². The largest absolute Gasteiger partial charge is 0.349 e. The van der Waals surface area contributed by atoms with Gasteiger partial charge < -0.3 is 10.6 Å². The Morgan fingerprint density at radius 2 is 1.84 bits per heavy atom. The molecule has 0 aliphatic rings. The van der Waals surface area contributed by atoms with Crippen LogP contribution in [0.4, 0.5) is 26.2 Å². The quantitative estimate of drug-likeness (QED) is 0.731. The van der Waals surface area contributed by atoms with Gasteiger partial charge in [-0.25, -0.2) is 13.8 Å². The Kier molecular flexibility index (Phi) is 4.83. The number of rotatable bonds is 5. The van der Waals surface area contributed by atoms with Gasteiger partial charge >= 0.3 is 0 Å². The lowest BCUT2D eigenvalue weighted by Crippen LogP contribution is -2.09. The second-order valence-electron chi connectivity index (χ2n) is 5.53. The lowest BCUT2D eigenvalue weighted by Gasteiger charge is -2.13. The lowest BCUT2D eigenvalue weighted by molar-refractivity contribution is 0.509. The molecular weight excluding hydrogens is 324 g/mol. The second kappa shape index (κ2) is 7.21. The molecule has 7 heteroatoms. The summed E-state index contributed by atoms with van der Waals surface area (Å²) in [5.74, 6) is -0.846. The van der Waals surface area contributed by atoms with Crippen LogP contribution in [0.25, 0.3) is 0 Å². The Balaban J connectivity index is 1.81. The van der Waals surface area contributed by atoms with E-state index < -0.39 is 11.6 Å². The zero-order valence-corrected chi connectivity index (χ0v) is 13.8. The van der Waals surface area contributed by atoms with Gasteiger partial charge in [0, 0.05) is 29.2 Å². The molecule has 1 aromatic carbocycles. The molecule has 0 amide bonds. The summed E-state index contributed by atoms with van der Waals surface area (Å²) in [5, 5.41) is 6.12. The van der Waals surface area contributed by atoms with Crippen LogP contribution < -0.4 is 10.6 Å². The van der Waals surface area contributed by atoms with Crippen LogP contribution in [0.5, 0.6) is 0 Å². The van der Waals surface area contributed by atoms with Crippen molar-refractivity contribution in [3.05, 3.63) is 71.2 Å². The molecule has 0 radical (unpaired) electrons. The zero-order chi connectivity index (χ0) is 17.8. The molecule has 25 heavy (non-hydrogen) atoms. The van der Waals surface area contributed by atoms with Crippen molar-refractivity contribution < 1.29 is 8.78 Å². The molecule has 0 spiro atoms. The van der Waals surface area contributed by atoms with Crippen molar-refractivity contribution >= 4 is 17.5 Å². The minimum absolute atomic E-state index is 0.413. The summed E-state index contributed by atoms with van der Waals surface area (Å²) >= 11 is 0. The SMILES string of the molecule is Cc1nc(NCc2ccccn2)nc(Nc2ccc(F)c(F)c2)c1C. The number of hydrogen-bond acceptors (Lipinski definition) is 5. The van der Waals surface area contributed by atoms with Crippen molar-refractivity contribution in [3.63, 3.8) is 0 Å². The number of nitrogens with one attached hydrogen (secondary N) is 2. The summed E-state index contributed by atoms with van der Waals surface area (Å²) in [6.07, 6.45) is 1.72. The number of hydrogen-bond donors (Lipinski definition) is 2. The zero-order valence-electron chi connectivity index (χ0n) is 13.8. The third kappa shape index (κ3) is 4.06. The van der Waals surface area contributed by atoms with Crippen molar-refractivity contribution in [3.8, 4) is 0 Å². The first kappa shape index (κ1) is 16.8. The standard InChI is InChI=1S/C18H17F2N5/c1-11-12(2)23-18(22-10-14-5-3-4-8-21-14)25-17(11)24-13-6-7-15(19)16(20)9-13/h3-9H,10H2,1-2H3,(H2,22,23,24,25). The molecular formula is C18H17F2N5. The Hall–Kier alpha value is -3.09. The van der Waals surface area contributed by atoms with E-state index in [2.05, 4.69) is 25.6 Å². The van der Waals surface area contributed by atoms with E-state index >= 15 is 0 Å². The maximum Gasteiger partial charge on any atom is 0.225 e. The van der Waals surface area contributed by atoms with Gasteiger partial charge in [0.25, 0.3) is 0 Å². The van der Waals surface area contributed by atoms with E-state index in [1.165, 1.54) is 6.07 Å². The second-order valence-corrected chi connectivity index (χ2v) is 5.53. The molecule has 0 aliphatic heterocycles. The molecule has 3 rings (SSSR count). The number of nitrogens with zero attached hydrogens (tertiary/aromatic N) is 3. The number of aromatic nitrogens is 3. The summed E-state index contributed by atoms with van der Waals surface area (Å²) < 4.78 is 26.4. The highest BCUT2D eigenvalue weighted by molar-refractivity contribution is 5.61. The summed E-state index contributed by atoms with van der Waals surface area (Å²) in [6, 6.07) is 9.26. The van der Waals surface area contributed by atoms with Crippen molar-refractivity contribution in [2.75, 3.05) is 10.6 Å². The molecule has 0 saturated carbocycles. The summed E-state index contributed by atoms with van der Waals surface area (Å²) in [7, 11) is 0. The van der Waals surface area contributed by atoms with Gasteiger partial charge in [0.2, 0.25) is 5.95 Å². The Morgan fingerprint density at radius 1 is 1.00 bits per heavy atom. The average Bonchev–Trinajstić information content (AvgIpc) is 2.61. The monoisotopic (exact) mass is 341 g/mol. The molecule has 0 atom stereocenters. The molecule has 0 fully saturated rings. The number of benzene rings is 1. The topological polar surface area (TPSA) is 62.7 Å². The van der Waals surface area contributed by atoms with E-state index in [4.69, 9.17) is 0 Å². The van der Waals surface area contributed by atoms with Crippen LogP contribution in [0.2, 0.25) is 0 Å². The number of anilines is 3. The fourth-order valence-electron chi connectivity index (χ4n) is 2.21. The van der Waals surface area contributed by atoms with E-state index in [0.29, 0.717) is 24.0 Å². The molecule has 2 heterocycles. The Morgan fingerprint density at radius 3 is 2.56 bits per heavy atom. The van der Waals surface area contributed by atoms with E-state index in [9.17, 15) is 8.78 Å². The first-order valence-corrected chi connectivity index (χ1v) is 7.74. The van der Waals surface area contributed by atoms with E-state index in [1.807, 2.05) is 32.0 Å². The predicted octanol–water partition coefficient (Wildman–Crippen LogP) is 4.12. The van der Waals surface area contributed by atoms with Crippen molar-refractivity contribution in [2.45, 2.75) is 20.4 Å². The van der Waals surface area contributed by atoms with Gasteiger partial charge in [0.15, 0.2) is 11.6 Å². The molecule has 3 aromatic rings. The Bertz CT molecular complexity index is 884. The average molecular weight is 341 g/mol. The van der Waals surface area contributed by atoms with Gasteiger partial charge in [-0.3, -0.25) is 4.98 Å². The van der Waals surface area contributed by atoms with Crippen molar-refractivity contribution in [1.82, 2.24) is 15.0 Å². The molecule has 128 valence electrons. The third-order valence-corrected chi connectivity index (χ3v) is 3.73. The van der Waals surface area contributed by atoms with Gasteiger partial charge in [0.1, 0.15) is 5.82 Å². The van der Waals surface area contributed by atoms with Gasteiger partial charge in [-0.15, -0.1) is 0 Å². The first-order valence-electron chi connectivity index (χ1n) is 7.74. The lowest BCUT2D eigenvalue weighted by atomic mass is 10.2. The molecule has 0 saturated heterocycles. The van der Waals surface area contributed by atoms with E-state index in [-0.39, 0.29) is 0 Å². The highest BCUT2D eigenvalue weighted by Gasteiger charge is 2.10. The highest BCUT2D eigenvalue weighted by Crippen LogP contribution is 2.23. The maximum absolute atomic E-state index is 13.4. The smallest absolute Gasteiger partial charge is 0.225 e. The van der Waals surface area contributed by atoms with Crippen LogP contribution in [0, 0.1) is 25.5 Å². The maximum atomic E-state index is 13.4. The van der Waals surface area contributed by atoms with Crippen LogP contribution in [-0.2, 0) is 6.54 Å². The van der Waals surface area contributed by atoms with Gasteiger partial charge in [0.05, 0.1) is 12.2 Å². The number of aryl methyl sites for hydroxylation is 1. The summed E-state index contributed by atoms with van der Waals surface area (Å²) in [5.41, 5.74) is 2.88. The molecule has 2 N–H and O–H groups in total. The number of halogens is 2. The normalized spacial score (nSPS) is 10.6. The van der Waals surface area contributed by atoms with Gasteiger partial charge in [-0.1, -0.05) is 6.07 Å². The highest BCUT2D eigenvalue weighted by atomic mass is 19.2. The van der Waals surface area contributed by atoms with E-state index in [1.54, 1.807) is 6.20 Å². The third-order valence-electron chi connectivity index (χ3n) is 3.73. The van der Waals surface area contributed by atoms with Crippen molar-refractivity contribution in [1.29, 1.82) is 0 Å². The molecule has 0 aliphatic carbocycles. The molecule has 5 nitrogen and oxygen atoms in total. The van der Waals surface area contributed by atoms with Crippen LogP contribution >= 0.6 is 0 Å². The Labute approximate surface area is 144 Å². The molecule has 0 unspecified atom stereocenters. The molecule has 2 aromatic heterocycles. The predicted molar refractivity (Wildman–Crippen MR) is 92.7 cm³/mol. The minimum Gasteiger partial charge on any atom is -0.349 e. The molecule has 0 bridgehead atoms. The summed E-state index contributed by atoms with van der Waals surface area (Å²) in [6.45, 7) is 4.20. The summed E-state index contributed by atoms with van der Waals surface area (Å²) in [4.78, 5) is 13.0. The number of pyridine rings is 1. The van der Waals surface area contributed by atoms with Crippen LogP contribution in [0.3, 0.4) is 0 Å². The van der Waals surface area contributed by atoms with Crippen LogP contribution in [0.15, 0.2) is 42.6 Å².